The van der Waals surface area contributed by atoms with E-state index in [1.165, 1.54) is 6.08 Å². The quantitative estimate of drug-likeness (QED) is 0.743. The Morgan fingerprint density at radius 1 is 1.35 bits per heavy atom. The summed E-state index contributed by atoms with van der Waals surface area (Å²) in [5.74, 6) is 2.01. The van der Waals surface area contributed by atoms with E-state index in [0.29, 0.717) is 30.1 Å². The molecular weight excluding hydrogens is 218 g/mol. The van der Waals surface area contributed by atoms with Gasteiger partial charge in [-0.3, -0.25) is 4.79 Å². The van der Waals surface area contributed by atoms with E-state index in [1.54, 1.807) is 13.2 Å². The third-order valence-electron chi connectivity index (χ3n) is 2.83. The lowest BCUT2D eigenvalue weighted by Crippen LogP contribution is -2.19. The van der Waals surface area contributed by atoms with Crippen LogP contribution in [0.25, 0.3) is 0 Å². The average Bonchev–Trinajstić information content (AvgIpc) is 2.35. The van der Waals surface area contributed by atoms with Gasteiger partial charge in [-0.15, -0.1) is 0 Å². The van der Waals surface area contributed by atoms with Crippen LogP contribution in [-0.4, -0.2) is 18.6 Å². The Balaban J connectivity index is 2.07. The van der Waals surface area contributed by atoms with Gasteiger partial charge >= 0.3 is 0 Å². The van der Waals surface area contributed by atoms with Crippen LogP contribution in [0.1, 0.15) is 12.8 Å². The summed E-state index contributed by atoms with van der Waals surface area (Å²) >= 11 is 0. The molecule has 1 aromatic carbocycles. The predicted octanol–water partition coefficient (Wildman–Crippen LogP) is 2.41. The van der Waals surface area contributed by atoms with Gasteiger partial charge in [0, 0.05) is 25.0 Å². The van der Waals surface area contributed by atoms with Crippen LogP contribution in [0.4, 0.5) is 5.69 Å². The molecule has 0 atom stereocenters. The summed E-state index contributed by atoms with van der Waals surface area (Å²) in [6.07, 6.45) is 2.68. The maximum absolute atomic E-state index is 11.3. The molecule has 1 heterocycles. The van der Waals surface area contributed by atoms with E-state index in [9.17, 15) is 4.79 Å². The highest BCUT2D eigenvalue weighted by Gasteiger charge is 2.24. The molecule has 3 rings (SSSR count). The minimum absolute atomic E-state index is 0.0882. The first kappa shape index (κ1) is 10.1. The van der Waals surface area contributed by atoms with Crippen molar-refractivity contribution < 1.29 is 14.3 Å². The highest BCUT2D eigenvalue weighted by Crippen LogP contribution is 2.38. The van der Waals surface area contributed by atoms with Gasteiger partial charge in [-0.2, -0.15) is 0 Å². The molecule has 1 aromatic rings. The van der Waals surface area contributed by atoms with Crippen LogP contribution in [-0.2, 0) is 4.79 Å². The second kappa shape index (κ2) is 3.73. The summed E-state index contributed by atoms with van der Waals surface area (Å²) in [6, 6.07) is 5.47. The lowest BCUT2D eigenvalue weighted by Gasteiger charge is -2.22. The summed E-state index contributed by atoms with van der Waals surface area (Å²) in [6.45, 7) is 0. The van der Waals surface area contributed by atoms with Crippen LogP contribution in [0.2, 0.25) is 0 Å². The first-order valence-corrected chi connectivity index (χ1v) is 5.44. The van der Waals surface area contributed by atoms with Crippen LogP contribution in [0.15, 0.2) is 35.0 Å². The Labute approximate surface area is 98.6 Å². The number of hydrogen-bond acceptors (Lipinski definition) is 4. The predicted molar refractivity (Wildman–Crippen MR) is 63.0 cm³/mol. The summed E-state index contributed by atoms with van der Waals surface area (Å²) in [4.78, 5) is 15.8. The Bertz CT molecular complexity index is 558. The van der Waals surface area contributed by atoms with Crippen LogP contribution >= 0.6 is 0 Å². The molecule has 0 unspecified atom stereocenters. The van der Waals surface area contributed by atoms with E-state index < -0.39 is 0 Å². The number of rotatable bonds is 1. The smallest absolute Gasteiger partial charge is 0.159 e. The number of fused-ring (bicyclic) bond motifs is 2. The zero-order valence-corrected chi connectivity index (χ0v) is 9.40. The van der Waals surface area contributed by atoms with E-state index in [-0.39, 0.29) is 5.78 Å². The molecule has 0 saturated heterocycles. The molecule has 86 valence electrons. The minimum atomic E-state index is 0.0882. The number of hydrogen-bond donors (Lipinski definition) is 0. The number of ketones is 1. The highest BCUT2D eigenvalue weighted by molar-refractivity contribution is 6.11. The first-order chi connectivity index (χ1) is 8.26. The van der Waals surface area contributed by atoms with Crippen molar-refractivity contribution >= 4 is 17.2 Å². The molecule has 0 fully saturated rings. The van der Waals surface area contributed by atoms with Gasteiger partial charge in [0.15, 0.2) is 17.3 Å². The normalized spacial score (nSPS) is 17.4. The number of ether oxygens (including phenoxy) is 2. The van der Waals surface area contributed by atoms with Gasteiger partial charge in [-0.25, -0.2) is 4.99 Å². The van der Waals surface area contributed by atoms with Gasteiger partial charge in [0.05, 0.1) is 12.8 Å². The number of allylic oxidation sites excluding steroid dienone is 2. The molecule has 0 bridgehead atoms. The lowest BCUT2D eigenvalue weighted by molar-refractivity contribution is -0.114. The second-order valence-electron chi connectivity index (χ2n) is 3.97. The number of carbonyl (C=O) groups excluding carboxylic acids is 1. The van der Waals surface area contributed by atoms with E-state index in [4.69, 9.17) is 9.47 Å². The fraction of sp³-hybridized carbons (Fsp3) is 0.231. The third kappa shape index (κ3) is 1.71. The number of methoxy groups -OCH3 is 1. The van der Waals surface area contributed by atoms with Gasteiger partial charge in [-0.05, 0) is 12.1 Å². The minimum Gasteiger partial charge on any atom is -0.497 e. The van der Waals surface area contributed by atoms with Crippen molar-refractivity contribution in [1.82, 2.24) is 0 Å². The SMILES string of the molecule is COc1ccc2c(c1)OC1=CC(=O)CCC1=N2. The summed E-state index contributed by atoms with van der Waals surface area (Å²) < 4.78 is 10.8. The molecule has 2 aliphatic rings. The van der Waals surface area contributed by atoms with Crippen molar-refractivity contribution in [3.05, 3.63) is 30.0 Å². The maximum Gasteiger partial charge on any atom is 0.159 e. The topological polar surface area (TPSA) is 47.9 Å². The zero-order chi connectivity index (χ0) is 11.8. The Hall–Kier alpha value is -2.10. The molecule has 0 aromatic heterocycles. The monoisotopic (exact) mass is 229 g/mol. The Morgan fingerprint density at radius 3 is 3.06 bits per heavy atom. The molecule has 1 aliphatic carbocycles. The maximum atomic E-state index is 11.3. The van der Waals surface area contributed by atoms with Crippen molar-refractivity contribution in [1.29, 1.82) is 0 Å². The number of aliphatic imine (C=N–C) groups is 1. The molecule has 4 heteroatoms. The summed E-state index contributed by atoms with van der Waals surface area (Å²) in [5.41, 5.74) is 1.63. The van der Waals surface area contributed by atoms with Crippen molar-refractivity contribution in [2.75, 3.05) is 7.11 Å². The van der Waals surface area contributed by atoms with Crippen LogP contribution in [0, 0.1) is 0 Å². The fourth-order valence-corrected chi connectivity index (χ4v) is 1.93. The van der Waals surface area contributed by atoms with Gasteiger partial charge < -0.3 is 9.47 Å². The van der Waals surface area contributed by atoms with Crippen molar-refractivity contribution in [3.8, 4) is 11.5 Å². The molecule has 0 amide bonds. The van der Waals surface area contributed by atoms with E-state index >= 15 is 0 Å². The Morgan fingerprint density at radius 2 is 2.24 bits per heavy atom. The molecule has 17 heavy (non-hydrogen) atoms. The molecular formula is C13H11NO3. The summed E-state index contributed by atoms with van der Waals surface area (Å²) in [5, 5.41) is 0. The van der Waals surface area contributed by atoms with Crippen molar-refractivity contribution in [3.63, 3.8) is 0 Å². The highest BCUT2D eigenvalue weighted by atomic mass is 16.5. The standard InChI is InChI=1S/C13H11NO3/c1-16-9-3-5-11-13(7-9)17-12-6-8(15)2-4-10(12)14-11/h3,5-7H,2,4H2,1H3. The van der Waals surface area contributed by atoms with E-state index in [2.05, 4.69) is 4.99 Å². The number of nitrogens with zero attached hydrogens (tertiary/aromatic N) is 1. The van der Waals surface area contributed by atoms with Crippen molar-refractivity contribution in [2.45, 2.75) is 12.8 Å². The number of benzene rings is 1. The summed E-state index contributed by atoms with van der Waals surface area (Å²) in [7, 11) is 1.60. The molecule has 4 nitrogen and oxygen atoms in total. The van der Waals surface area contributed by atoms with E-state index in [0.717, 1.165) is 11.4 Å². The Kier molecular flexibility index (Phi) is 2.21. The first-order valence-electron chi connectivity index (χ1n) is 5.44. The molecule has 1 aliphatic heterocycles. The van der Waals surface area contributed by atoms with Crippen molar-refractivity contribution in [2.24, 2.45) is 4.99 Å². The number of carbonyl (C=O) groups is 1. The fourth-order valence-electron chi connectivity index (χ4n) is 1.93. The van der Waals surface area contributed by atoms with E-state index in [1.807, 2.05) is 12.1 Å². The van der Waals surface area contributed by atoms with Gasteiger partial charge in [0.2, 0.25) is 0 Å². The third-order valence-corrected chi connectivity index (χ3v) is 2.83. The second-order valence-corrected chi connectivity index (χ2v) is 3.97. The van der Waals surface area contributed by atoms with Crippen LogP contribution in [0.5, 0.6) is 11.5 Å². The van der Waals surface area contributed by atoms with Gasteiger partial charge in [-0.1, -0.05) is 0 Å². The lowest BCUT2D eigenvalue weighted by atomic mass is 10.0. The van der Waals surface area contributed by atoms with Gasteiger partial charge in [0.25, 0.3) is 0 Å². The van der Waals surface area contributed by atoms with Gasteiger partial charge in [0.1, 0.15) is 11.4 Å². The molecule has 0 N–H and O–H groups in total. The van der Waals surface area contributed by atoms with Crippen LogP contribution < -0.4 is 9.47 Å². The average molecular weight is 229 g/mol. The zero-order valence-electron chi connectivity index (χ0n) is 9.40. The molecule has 0 saturated carbocycles. The molecule has 0 radical (unpaired) electrons. The van der Waals surface area contributed by atoms with Crippen LogP contribution in [0.3, 0.4) is 0 Å². The molecule has 0 spiro atoms. The largest absolute Gasteiger partial charge is 0.497 e.